The maximum atomic E-state index is 13.3. The van der Waals surface area contributed by atoms with E-state index in [4.69, 9.17) is 15.5 Å². The van der Waals surface area contributed by atoms with Gasteiger partial charge >= 0.3 is 0 Å². The summed E-state index contributed by atoms with van der Waals surface area (Å²) in [6.45, 7) is 6.75. The van der Waals surface area contributed by atoms with Gasteiger partial charge in [0.15, 0.2) is 0 Å². The first-order valence-electron chi connectivity index (χ1n) is 11.9. The number of carbonyl (C=O) groups is 1. The predicted molar refractivity (Wildman–Crippen MR) is 128 cm³/mol. The molecule has 0 bridgehead atoms. The van der Waals surface area contributed by atoms with Crippen molar-refractivity contribution in [2.45, 2.75) is 52.1 Å². The fraction of sp³-hybridized carbons (Fsp3) is 0.480. The van der Waals surface area contributed by atoms with Crippen molar-refractivity contribution in [2.24, 2.45) is 11.7 Å². The van der Waals surface area contributed by atoms with Gasteiger partial charge in [0.25, 0.3) is 5.91 Å². The number of nitrogens with one attached hydrogen (secondary N) is 3. The second-order valence-electron chi connectivity index (χ2n) is 9.25. The highest BCUT2D eigenvalue weighted by Crippen LogP contribution is 2.37. The Morgan fingerprint density at radius 3 is 2.70 bits per heavy atom. The Morgan fingerprint density at radius 2 is 1.97 bits per heavy atom. The molecule has 0 spiro atoms. The second kappa shape index (κ2) is 9.11. The number of fused-ring (bicyclic) bond motifs is 1. The molecule has 3 aromatic rings. The number of benzene rings is 1. The zero-order valence-corrected chi connectivity index (χ0v) is 19.3. The number of nitrogens with two attached hydrogens (primary N) is 1. The summed E-state index contributed by atoms with van der Waals surface area (Å²) in [6, 6.07) is 6.18. The van der Waals surface area contributed by atoms with Crippen LogP contribution in [-0.2, 0) is 6.54 Å². The molecule has 1 aliphatic carbocycles. The van der Waals surface area contributed by atoms with Crippen molar-refractivity contribution in [3.63, 3.8) is 0 Å². The molecular weight excluding hydrogens is 416 g/mol. The molecule has 2 aliphatic rings. The van der Waals surface area contributed by atoms with Gasteiger partial charge in [0.05, 0.1) is 17.7 Å². The highest BCUT2D eigenvalue weighted by atomic mass is 16.5. The summed E-state index contributed by atoms with van der Waals surface area (Å²) in [5, 5.41) is 6.54. The maximum absolute atomic E-state index is 13.3. The van der Waals surface area contributed by atoms with Crippen molar-refractivity contribution in [1.82, 2.24) is 25.6 Å². The fourth-order valence-corrected chi connectivity index (χ4v) is 4.50. The van der Waals surface area contributed by atoms with E-state index in [2.05, 4.69) is 20.6 Å². The van der Waals surface area contributed by atoms with Crippen LogP contribution in [0.4, 0.5) is 0 Å². The first-order chi connectivity index (χ1) is 16.0. The third-order valence-corrected chi connectivity index (χ3v) is 6.55. The molecule has 1 aliphatic heterocycles. The average Bonchev–Trinajstić information content (AvgIpc) is 3.58. The van der Waals surface area contributed by atoms with Crippen LogP contribution >= 0.6 is 0 Å². The first-order valence-corrected chi connectivity index (χ1v) is 11.9. The molecule has 8 heteroatoms. The van der Waals surface area contributed by atoms with Crippen molar-refractivity contribution in [1.29, 1.82) is 0 Å². The lowest BCUT2D eigenvalue weighted by atomic mass is 10.0. The molecule has 5 rings (SSSR count). The Morgan fingerprint density at radius 1 is 1.18 bits per heavy atom. The summed E-state index contributed by atoms with van der Waals surface area (Å²) >= 11 is 0. The Hall–Kier alpha value is -2.97. The SMILES string of the molecule is Cc1nc(-c2cc(CN)ccc2OCC2CC2)c2[nH]c(C)c(C(=O)NC3CCNCC3)c2n1. The van der Waals surface area contributed by atoms with E-state index in [1.54, 1.807) is 0 Å². The topological polar surface area (TPSA) is 118 Å². The van der Waals surface area contributed by atoms with Gasteiger partial charge in [-0.1, -0.05) is 6.07 Å². The summed E-state index contributed by atoms with van der Waals surface area (Å²) in [5.41, 5.74) is 11.3. The quantitative estimate of drug-likeness (QED) is 0.441. The Balaban J connectivity index is 1.57. The van der Waals surface area contributed by atoms with E-state index in [-0.39, 0.29) is 11.9 Å². The second-order valence-corrected chi connectivity index (χ2v) is 9.25. The van der Waals surface area contributed by atoms with Gasteiger partial charge < -0.3 is 26.1 Å². The number of carbonyl (C=O) groups excluding carboxylic acids is 1. The molecular formula is C25H32N6O2. The smallest absolute Gasteiger partial charge is 0.255 e. The van der Waals surface area contributed by atoms with Gasteiger partial charge in [0, 0.05) is 23.8 Å². The number of hydrogen-bond acceptors (Lipinski definition) is 6. The molecule has 1 aromatic carbocycles. The first kappa shape index (κ1) is 21.9. The minimum absolute atomic E-state index is 0.0874. The minimum Gasteiger partial charge on any atom is -0.493 e. The lowest BCUT2D eigenvalue weighted by molar-refractivity contribution is 0.0930. The van der Waals surface area contributed by atoms with E-state index in [0.717, 1.165) is 59.7 Å². The summed E-state index contributed by atoms with van der Waals surface area (Å²) in [4.78, 5) is 26.1. The molecule has 0 unspecified atom stereocenters. The molecule has 2 aromatic heterocycles. The number of aromatic amines is 1. The summed E-state index contributed by atoms with van der Waals surface area (Å²) in [7, 11) is 0. The summed E-state index contributed by atoms with van der Waals surface area (Å²) in [6.07, 6.45) is 4.30. The third-order valence-electron chi connectivity index (χ3n) is 6.55. The van der Waals surface area contributed by atoms with Gasteiger partial charge in [-0.2, -0.15) is 0 Å². The van der Waals surface area contributed by atoms with Crippen LogP contribution in [0.25, 0.3) is 22.3 Å². The molecule has 8 nitrogen and oxygen atoms in total. The standard InChI is InChI=1S/C25H32N6O2/c1-14-21(25(32)31-18-7-9-27-10-8-18)23-24(28-14)22(29-15(2)30-23)19-11-17(12-26)5-6-20(19)33-13-16-3-4-16/h5-6,11,16,18,27-28H,3-4,7-10,12-13,26H2,1-2H3,(H,31,32). The van der Waals surface area contributed by atoms with Gasteiger partial charge in [-0.15, -0.1) is 0 Å². The van der Waals surface area contributed by atoms with E-state index in [9.17, 15) is 4.79 Å². The average molecular weight is 449 g/mol. The largest absolute Gasteiger partial charge is 0.493 e. The molecule has 3 heterocycles. The number of hydrogen-bond donors (Lipinski definition) is 4. The molecule has 33 heavy (non-hydrogen) atoms. The highest BCUT2D eigenvalue weighted by molar-refractivity contribution is 6.09. The van der Waals surface area contributed by atoms with Crippen molar-refractivity contribution in [3.8, 4) is 17.0 Å². The Bertz CT molecular complexity index is 1180. The number of aryl methyl sites for hydroxylation is 2. The predicted octanol–water partition coefficient (Wildman–Crippen LogP) is 2.97. The number of nitrogens with zero attached hydrogens (tertiary/aromatic N) is 2. The van der Waals surface area contributed by atoms with Gasteiger partial charge in [0.2, 0.25) is 0 Å². The molecule has 1 saturated carbocycles. The van der Waals surface area contributed by atoms with Crippen molar-refractivity contribution in [3.05, 3.63) is 40.8 Å². The number of ether oxygens (including phenoxy) is 1. The molecule has 1 amide bonds. The number of aromatic nitrogens is 3. The van der Waals surface area contributed by atoms with Crippen LogP contribution in [0.5, 0.6) is 5.75 Å². The van der Waals surface area contributed by atoms with Crippen LogP contribution < -0.4 is 21.1 Å². The molecule has 5 N–H and O–H groups in total. The van der Waals surface area contributed by atoms with Crippen LogP contribution in [-0.4, -0.2) is 46.6 Å². The Kier molecular flexibility index (Phi) is 6.03. The van der Waals surface area contributed by atoms with Crippen LogP contribution in [0.1, 0.15) is 53.1 Å². The van der Waals surface area contributed by atoms with Crippen molar-refractivity contribution < 1.29 is 9.53 Å². The number of amides is 1. The summed E-state index contributed by atoms with van der Waals surface area (Å²) in [5.74, 6) is 1.94. The monoisotopic (exact) mass is 448 g/mol. The van der Waals surface area contributed by atoms with Gasteiger partial charge in [-0.05, 0) is 76.2 Å². The normalized spacial score (nSPS) is 16.8. The van der Waals surface area contributed by atoms with E-state index in [0.29, 0.717) is 36.0 Å². The zero-order chi connectivity index (χ0) is 22.9. The van der Waals surface area contributed by atoms with E-state index in [1.807, 2.05) is 32.0 Å². The van der Waals surface area contributed by atoms with Crippen LogP contribution in [0.15, 0.2) is 18.2 Å². The molecule has 1 saturated heterocycles. The lowest BCUT2D eigenvalue weighted by Crippen LogP contribution is -2.42. The molecule has 0 atom stereocenters. The molecule has 2 fully saturated rings. The van der Waals surface area contributed by atoms with E-state index < -0.39 is 0 Å². The van der Waals surface area contributed by atoms with Crippen LogP contribution in [0, 0.1) is 19.8 Å². The van der Waals surface area contributed by atoms with Gasteiger partial charge in [-0.3, -0.25) is 4.79 Å². The van der Waals surface area contributed by atoms with E-state index >= 15 is 0 Å². The van der Waals surface area contributed by atoms with Crippen molar-refractivity contribution in [2.75, 3.05) is 19.7 Å². The van der Waals surface area contributed by atoms with Crippen LogP contribution in [0.2, 0.25) is 0 Å². The van der Waals surface area contributed by atoms with Gasteiger partial charge in [-0.25, -0.2) is 9.97 Å². The third kappa shape index (κ3) is 4.58. The molecule has 174 valence electrons. The molecule has 0 radical (unpaired) electrons. The highest BCUT2D eigenvalue weighted by Gasteiger charge is 2.26. The van der Waals surface area contributed by atoms with Crippen molar-refractivity contribution >= 4 is 16.9 Å². The number of piperidine rings is 1. The van der Waals surface area contributed by atoms with Crippen LogP contribution in [0.3, 0.4) is 0 Å². The summed E-state index contributed by atoms with van der Waals surface area (Å²) < 4.78 is 6.19. The van der Waals surface area contributed by atoms with E-state index in [1.165, 1.54) is 12.8 Å². The Labute approximate surface area is 193 Å². The maximum Gasteiger partial charge on any atom is 0.255 e. The number of H-pyrrole nitrogens is 1. The minimum atomic E-state index is -0.0874. The zero-order valence-electron chi connectivity index (χ0n) is 19.3. The number of rotatable bonds is 7. The van der Waals surface area contributed by atoms with Gasteiger partial charge in [0.1, 0.15) is 22.8 Å². The lowest BCUT2D eigenvalue weighted by Gasteiger charge is -2.23. The fourth-order valence-electron chi connectivity index (χ4n) is 4.50.